The van der Waals surface area contributed by atoms with Crippen molar-refractivity contribution >= 4 is 5.91 Å². The molecule has 0 aliphatic carbocycles. The van der Waals surface area contributed by atoms with Gasteiger partial charge < -0.3 is 15.2 Å². The number of hydrogen-bond donors (Lipinski definition) is 2. The first-order valence-electron chi connectivity index (χ1n) is 5.77. The minimum absolute atomic E-state index is 0.176. The Hall–Kier alpha value is -1.81. The maximum absolute atomic E-state index is 11.4. The largest absolute Gasteiger partial charge is 0.497 e. The van der Waals surface area contributed by atoms with E-state index in [4.69, 9.17) is 4.74 Å². The molecule has 4 heteroatoms. The monoisotopic (exact) mass is 249 g/mol. The van der Waals surface area contributed by atoms with Crippen molar-refractivity contribution < 1.29 is 14.6 Å². The van der Waals surface area contributed by atoms with Crippen molar-refractivity contribution in [2.75, 3.05) is 13.7 Å². The van der Waals surface area contributed by atoms with Crippen molar-refractivity contribution in [1.29, 1.82) is 0 Å². The Balaban J connectivity index is 2.57. The zero-order valence-electron chi connectivity index (χ0n) is 10.9. The van der Waals surface area contributed by atoms with E-state index >= 15 is 0 Å². The molecule has 0 saturated carbocycles. The van der Waals surface area contributed by atoms with Crippen LogP contribution < -0.4 is 10.1 Å². The number of aliphatic hydroxyl groups excluding tert-OH is 1. The van der Waals surface area contributed by atoms with E-state index in [1.54, 1.807) is 31.4 Å². The van der Waals surface area contributed by atoms with E-state index in [2.05, 4.69) is 5.32 Å². The van der Waals surface area contributed by atoms with Crippen molar-refractivity contribution in [3.05, 3.63) is 41.5 Å². The van der Waals surface area contributed by atoms with Gasteiger partial charge in [0.25, 0.3) is 0 Å². The van der Waals surface area contributed by atoms with Gasteiger partial charge in [-0.1, -0.05) is 17.7 Å². The minimum atomic E-state index is -0.741. The van der Waals surface area contributed by atoms with E-state index in [-0.39, 0.29) is 12.5 Å². The Morgan fingerprint density at radius 2 is 2.22 bits per heavy atom. The Morgan fingerprint density at radius 3 is 2.83 bits per heavy atom. The topological polar surface area (TPSA) is 58.6 Å². The van der Waals surface area contributed by atoms with Gasteiger partial charge in [0, 0.05) is 12.6 Å². The predicted octanol–water partition coefficient (Wildman–Crippen LogP) is 1.81. The van der Waals surface area contributed by atoms with Gasteiger partial charge in [-0.15, -0.1) is 0 Å². The van der Waals surface area contributed by atoms with Gasteiger partial charge in [-0.3, -0.25) is 4.79 Å². The number of aliphatic hydroxyl groups is 1. The fourth-order valence-corrected chi connectivity index (χ4v) is 1.48. The molecule has 1 aromatic carbocycles. The quantitative estimate of drug-likeness (QED) is 0.782. The van der Waals surface area contributed by atoms with Crippen molar-refractivity contribution in [3.8, 4) is 5.75 Å². The summed E-state index contributed by atoms with van der Waals surface area (Å²) in [5, 5.41) is 12.6. The Labute approximate surface area is 107 Å². The standard InChI is InChI=1S/C14H19NO3/c1-10(2)7-14(17)15-9-13(16)11-5-4-6-12(8-11)18-3/h4-8,13,16H,9H2,1-3H3,(H,15,17). The van der Waals surface area contributed by atoms with Crippen LogP contribution in [0.3, 0.4) is 0 Å². The van der Waals surface area contributed by atoms with E-state index in [1.165, 1.54) is 6.08 Å². The van der Waals surface area contributed by atoms with Crippen molar-refractivity contribution in [1.82, 2.24) is 5.32 Å². The van der Waals surface area contributed by atoms with Gasteiger partial charge in [0.2, 0.25) is 5.91 Å². The van der Waals surface area contributed by atoms with Gasteiger partial charge in [0.15, 0.2) is 0 Å². The maximum Gasteiger partial charge on any atom is 0.244 e. The molecule has 18 heavy (non-hydrogen) atoms. The van der Waals surface area contributed by atoms with Gasteiger partial charge in [-0.25, -0.2) is 0 Å². The Bertz CT molecular complexity index is 436. The average Bonchev–Trinajstić information content (AvgIpc) is 2.35. The molecule has 1 amide bonds. The lowest BCUT2D eigenvalue weighted by Crippen LogP contribution is -2.26. The molecule has 1 aromatic rings. The first-order valence-corrected chi connectivity index (χ1v) is 5.77. The number of amides is 1. The molecule has 0 fully saturated rings. The molecule has 0 bridgehead atoms. The van der Waals surface area contributed by atoms with Crippen molar-refractivity contribution in [3.63, 3.8) is 0 Å². The van der Waals surface area contributed by atoms with E-state index in [9.17, 15) is 9.90 Å². The molecule has 1 rings (SSSR count). The number of nitrogens with one attached hydrogen (secondary N) is 1. The number of carbonyl (C=O) groups is 1. The lowest BCUT2D eigenvalue weighted by molar-refractivity contribution is -0.117. The van der Waals surface area contributed by atoms with Crippen LogP contribution in [0.25, 0.3) is 0 Å². The number of hydrogen-bond acceptors (Lipinski definition) is 3. The lowest BCUT2D eigenvalue weighted by Gasteiger charge is -2.12. The number of methoxy groups -OCH3 is 1. The summed E-state index contributed by atoms with van der Waals surface area (Å²) in [4.78, 5) is 11.4. The smallest absolute Gasteiger partial charge is 0.244 e. The highest BCUT2D eigenvalue weighted by atomic mass is 16.5. The van der Waals surface area contributed by atoms with Gasteiger partial charge >= 0.3 is 0 Å². The summed E-state index contributed by atoms with van der Waals surface area (Å²) >= 11 is 0. The van der Waals surface area contributed by atoms with Crippen LogP contribution in [0.15, 0.2) is 35.9 Å². The number of ether oxygens (including phenoxy) is 1. The van der Waals surface area contributed by atoms with Crippen molar-refractivity contribution in [2.24, 2.45) is 0 Å². The van der Waals surface area contributed by atoms with Crippen LogP contribution in [-0.2, 0) is 4.79 Å². The third-order valence-corrected chi connectivity index (χ3v) is 2.37. The highest BCUT2D eigenvalue weighted by Gasteiger charge is 2.09. The van der Waals surface area contributed by atoms with Gasteiger partial charge in [-0.05, 0) is 31.5 Å². The third kappa shape index (κ3) is 4.59. The number of benzene rings is 1. The van der Waals surface area contributed by atoms with Crippen LogP contribution in [0.4, 0.5) is 0 Å². The summed E-state index contributed by atoms with van der Waals surface area (Å²) in [6, 6.07) is 7.14. The number of carbonyl (C=O) groups excluding carboxylic acids is 1. The van der Waals surface area contributed by atoms with Gasteiger partial charge in [-0.2, -0.15) is 0 Å². The molecule has 2 N–H and O–H groups in total. The molecule has 4 nitrogen and oxygen atoms in total. The molecular weight excluding hydrogens is 230 g/mol. The van der Waals surface area contributed by atoms with E-state index in [0.29, 0.717) is 11.3 Å². The van der Waals surface area contributed by atoms with E-state index in [1.807, 2.05) is 13.8 Å². The Kier molecular flexibility index (Phi) is 5.39. The summed E-state index contributed by atoms with van der Waals surface area (Å²) in [5.41, 5.74) is 1.63. The second-order valence-corrected chi connectivity index (χ2v) is 4.26. The highest BCUT2D eigenvalue weighted by molar-refractivity contribution is 5.88. The van der Waals surface area contributed by atoms with E-state index in [0.717, 1.165) is 5.57 Å². The second-order valence-electron chi connectivity index (χ2n) is 4.26. The minimum Gasteiger partial charge on any atom is -0.497 e. The lowest BCUT2D eigenvalue weighted by atomic mass is 10.1. The molecule has 1 unspecified atom stereocenters. The predicted molar refractivity (Wildman–Crippen MR) is 70.4 cm³/mol. The fraction of sp³-hybridized carbons (Fsp3) is 0.357. The van der Waals surface area contributed by atoms with E-state index < -0.39 is 6.10 Å². The van der Waals surface area contributed by atoms with Gasteiger partial charge in [0.1, 0.15) is 5.75 Å². The first-order chi connectivity index (χ1) is 8.52. The SMILES string of the molecule is COc1cccc(C(O)CNC(=O)C=C(C)C)c1. The first kappa shape index (κ1) is 14.3. The molecule has 0 radical (unpaired) electrons. The van der Waals surface area contributed by atoms with Crippen molar-refractivity contribution in [2.45, 2.75) is 20.0 Å². The van der Waals surface area contributed by atoms with Gasteiger partial charge in [0.05, 0.1) is 13.2 Å². The molecular formula is C14H19NO3. The summed E-state index contributed by atoms with van der Waals surface area (Å²) < 4.78 is 5.08. The molecule has 0 saturated heterocycles. The second kappa shape index (κ2) is 6.81. The van der Waals surface area contributed by atoms with Crippen LogP contribution in [0.2, 0.25) is 0 Å². The molecule has 0 spiro atoms. The van der Waals surface area contributed by atoms with Crippen LogP contribution in [-0.4, -0.2) is 24.7 Å². The Morgan fingerprint density at radius 1 is 1.50 bits per heavy atom. The van der Waals surface area contributed by atoms with Crippen LogP contribution in [0.1, 0.15) is 25.5 Å². The molecule has 0 aliphatic heterocycles. The molecule has 0 aliphatic rings. The maximum atomic E-state index is 11.4. The normalized spacial score (nSPS) is 11.6. The summed E-state index contributed by atoms with van der Waals surface area (Å²) in [6.07, 6.45) is 0.757. The molecule has 98 valence electrons. The van der Waals surface area contributed by atoms with Crippen LogP contribution >= 0.6 is 0 Å². The summed E-state index contributed by atoms with van der Waals surface area (Å²) in [6.45, 7) is 3.87. The highest BCUT2D eigenvalue weighted by Crippen LogP contribution is 2.18. The molecule has 0 aromatic heterocycles. The molecule has 1 atom stereocenters. The third-order valence-electron chi connectivity index (χ3n) is 2.37. The van der Waals surface area contributed by atoms with Crippen LogP contribution in [0, 0.1) is 0 Å². The van der Waals surface area contributed by atoms with Crippen LogP contribution in [0.5, 0.6) is 5.75 Å². The fourth-order valence-electron chi connectivity index (χ4n) is 1.48. The summed E-state index contributed by atoms with van der Waals surface area (Å²) in [7, 11) is 1.57. The summed E-state index contributed by atoms with van der Waals surface area (Å²) in [5.74, 6) is 0.485. The molecule has 0 heterocycles. The zero-order valence-corrected chi connectivity index (χ0v) is 10.9. The zero-order chi connectivity index (χ0) is 13.5. The average molecular weight is 249 g/mol. The number of rotatable bonds is 5. The number of allylic oxidation sites excluding steroid dienone is 1.